The summed E-state index contributed by atoms with van der Waals surface area (Å²) in [6, 6.07) is 3.78. The third-order valence-electron chi connectivity index (χ3n) is 3.53. The van der Waals surface area contributed by atoms with E-state index in [0.717, 1.165) is 19.5 Å². The number of nitrogens with one attached hydrogen (secondary N) is 1. The maximum absolute atomic E-state index is 10.7. The van der Waals surface area contributed by atoms with Gasteiger partial charge in [0.25, 0.3) is 0 Å². The molecule has 1 aliphatic rings. The van der Waals surface area contributed by atoms with E-state index in [1.165, 1.54) is 11.1 Å². The summed E-state index contributed by atoms with van der Waals surface area (Å²) < 4.78 is 0. The minimum Gasteiger partial charge on any atom is -0.316 e. The molecule has 2 radical (unpaired) electrons. The van der Waals surface area contributed by atoms with Gasteiger partial charge in [0.15, 0.2) is 0 Å². The molecular formula is C13H17BN2O. The minimum atomic E-state index is 0.369. The standard InChI is InChI=1S/C13H17BN2O/c1-8(2)11-7-15-4-3-9-5-13(16-17)12(14)6-10(9)11/h5-6,8,11,15H,3-4,7H2,1-2H3. The van der Waals surface area contributed by atoms with Crippen molar-refractivity contribution in [1.29, 1.82) is 0 Å². The Labute approximate surface area is 103 Å². The maximum atomic E-state index is 10.7. The Kier molecular flexibility index (Phi) is 3.62. The zero-order valence-corrected chi connectivity index (χ0v) is 10.4. The van der Waals surface area contributed by atoms with Crippen LogP contribution in [0.1, 0.15) is 30.9 Å². The van der Waals surface area contributed by atoms with Crippen molar-refractivity contribution in [1.82, 2.24) is 5.32 Å². The number of nitrogens with zero attached hydrogens (tertiary/aromatic N) is 1. The van der Waals surface area contributed by atoms with Crippen LogP contribution in [0.15, 0.2) is 17.3 Å². The van der Waals surface area contributed by atoms with Gasteiger partial charge in [-0.25, -0.2) is 0 Å². The summed E-state index contributed by atoms with van der Waals surface area (Å²) in [4.78, 5) is 10.7. The van der Waals surface area contributed by atoms with Gasteiger partial charge in [0.05, 0.1) is 0 Å². The predicted octanol–water partition coefficient (Wildman–Crippen LogP) is 1.76. The van der Waals surface area contributed by atoms with Crippen LogP contribution < -0.4 is 10.8 Å². The molecule has 17 heavy (non-hydrogen) atoms. The lowest BCUT2D eigenvalue weighted by molar-refractivity contribution is 0.475. The lowest BCUT2D eigenvalue weighted by atomic mass is 9.81. The highest BCUT2D eigenvalue weighted by Crippen LogP contribution is 2.30. The molecule has 0 saturated heterocycles. The number of hydrogen-bond donors (Lipinski definition) is 1. The zero-order valence-electron chi connectivity index (χ0n) is 10.4. The average Bonchev–Trinajstić information content (AvgIpc) is 2.49. The molecule has 0 bridgehead atoms. The van der Waals surface area contributed by atoms with E-state index in [9.17, 15) is 4.91 Å². The van der Waals surface area contributed by atoms with Gasteiger partial charge >= 0.3 is 0 Å². The molecule has 1 atom stereocenters. The lowest BCUT2D eigenvalue weighted by Crippen LogP contribution is -2.23. The Balaban J connectivity index is 2.50. The first-order valence-corrected chi connectivity index (χ1v) is 6.10. The zero-order chi connectivity index (χ0) is 12.4. The van der Waals surface area contributed by atoms with Crippen molar-refractivity contribution < 1.29 is 0 Å². The molecule has 1 aromatic rings. The van der Waals surface area contributed by atoms with E-state index >= 15 is 0 Å². The lowest BCUT2D eigenvalue weighted by Gasteiger charge is -2.22. The molecular weight excluding hydrogens is 211 g/mol. The summed E-state index contributed by atoms with van der Waals surface area (Å²) in [5.41, 5.74) is 3.34. The second kappa shape index (κ2) is 5.00. The Hall–Kier alpha value is -1.16. The van der Waals surface area contributed by atoms with Crippen LogP contribution in [0.25, 0.3) is 0 Å². The van der Waals surface area contributed by atoms with Crippen LogP contribution in [-0.2, 0) is 6.42 Å². The van der Waals surface area contributed by atoms with E-state index in [-0.39, 0.29) is 0 Å². The molecule has 0 aromatic heterocycles. The van der Waals surface area contributed by atoms with Gasteiger partial charge in [-0.05, 0) is 47.2 Å². The van der Waals surface area contributed by atoms with E-state index < -0.39 is 0 Å². The van der Waals surface area contributed by atoms with Crippen molar-refractivity contribution in [2.24, 2.45) is 11.1 Å². The van der Waals surface area contributed by atoms with Gasteiger partial charge in [0.2, 0.25) is 0 Å². The summed E-state index contributed by atoms with van der Waals surface area (Å²) in [5, 5.41) is 6.42. The summed E-state index contributed by atoms with van der Waals surface area (Å²) in [7, 11) is 5.85. The quantitative estimate of drug-likeness (QED) is 0.619. The predicted molar refractivity (Wildman–Crippen MR) is 71.4 cm³/mol. The van der Waals surface area contributed by atoms with Crippen LogP contribution in [0.2, 0.25) is 0 Å². The first kappa shape index (κ1) is 12.3. The monoisotopic (exact) mass is 228 g/mol. The van der Waals surface area contributed by atoms with Gasteiger partial charge in [-0.1, -0.05) is 25.4 Å². The van der Waals surface area contributed by atoms with Crippen LogP contribution in [0.4, 0.5) is 5.69 Å². The average molecular weight is 228 g/mol. The van der Waals surface area contributed by atoms with Crippen molar-refractivity contribution in [2.45, 2.75) is 26.2 Å². The first-order valence-electron chi connectivity index (χ1n) is 6.10. The highest BCUT2D eigenvalue weighted by molar-refractivity contribution is 6.35. The van der Waals surface area contributed by atoms with Crippen LogP contribution in [-0.4, -0.2) is 20.9 Å². The molecule has 1 aliphatic heterocycles. The van der Waals surface area contributed by atoms with E-state index in [2.05, 4.69) is 24.3 Å². The van der Waals surface area contributed by atoms with E-state index in [4.69, 9.17) is 7.85 Å². The Morgan fingerprint density at radius 1 is 1.47 bits per heavy atom. The minimum absolute atomic E-state index is 0.369. The third kappa shape index (κ3) is 2.42. The summed E-state index contributed by atoms with van der Waals surface area (Å²) in [6.45, 7) is 6.34. The van der Waals surface area contributed by atoms with Crippen LogP contribution in [0, 0.1) is 10.8 Å². The molecule has 3 nitrogen and oxygen atoms in total. The highest BCUT2D eigenvalue weighted by atomic mass is 16.3. The third-order valence-corrected chi connectivity index (χ3v) is 3.53. The highest BCUT2D eigenvalue weighted by Gasteiger charge is 2.22. The van der Waals surface area contributed by atoms with Gasteiger partial charge in [-0.3, -0.25) is 0 Å². The number of rotatable bonds is 2. The molecule has 4 heteroatoms. The second-order valence-electron chi connectivity index (χ2n) is 5.01. The Bertz CT molecular complexity index is 432. The Morgan fingerprint density at radius 3 is 2.88 bits per heavy atom. The van der Waals surface area contributed by atoms with Gasteiger partial charge < -0.3 is 5.32 Å². The maximum Gasteiger partial charge on any atom is 0.117 e. The van der Waals surface area contributed by atoms with Crippen LogP contribution in [0.5, 0.6) is 0 Å². The van der Waals surface area contributed by atoms with Crippen molar-refractivity contribution >= 4 is 19.0 Å². The molecule has 0 saturated carbocycles. The summed E-state index contributed by atoms with van der Waals surface area (Å²) in [6.07, 6.45) is 0.932. The molecule has 1 unspecified atom stereocenters. The SMILES string of the molecule is [B]c1cc2c(cc1N=O)CCNCC2C(C)C. The fourth-order valence-corrected chi connectivity index (χ4v) is 2.49. The molecule has 0 amide bonds. The molecule has 0 fully saturated rings. The largest absolute Gasteiger partial charge is 0.316 e. The molecule has 1 aromatic carbocycles. The number of fused-ring (bicyclic) bond motifs is 1. The number of nitroso groups, excluding NO2 is 1. The summed E-state index contributed by atoms with van der Waals surface area (Å²) in [5.74, 6) is 1.00. The van der Waals surface area contributed by atoms with Crippen LogP contribution in [0.3, 0.4) is 0 Å². The Morgan fingerprint density at radius 2 is 2.24 bits per heavy atom. The van der Waals surface area contributed by atoms with Crippen molar-refractivity contribution in [2.75, 3.05) is 13.1 Å². The topological polar surface area (TPSA) is 41.5 Å². The first-order chi connectivity index (χ1) is 8.13. The van der Waals surface area contributed by atoms with Crippen molar-refractivity contribution in [3.63, 3.8) is 0 Å². The van der Waals surface area contributed by atoms with E-state index in [0.29, 0.717) is 23.0 Å². The molecule has 2 rings (SSSR count). The fourth-order valence-electron chi connectivity index (χ4n) is 2.49. The van der Waals surface area contributed by atoms with Crippen molar-refractivity contribution in [3.05, 3.63) is 28.2 Å². The summed E-state index contributed by atoms with van der Waals surface area (Å²) >= 11 is 0. The fraction of sp³-hybridized carbons (Fsp3) is 0.538. The smallest absolute Gasteiger partial charge is 0.117 e. The molecule has 1 N–H and O–H groups in total. The van der Waals surface area contributed by atoms with Gasteiger partial charge in [-0.2, -0.15) is 0 Å². The molecule has 0 spiro atoms. The molecule has 1 heterocycles. The second-order valence-corrected chi connectivity index (χ2v) is 5.01. The molecule has 88 valence electrons. The van der Waals surface area contributed by atoms with E-state index in [1.54, 1.807) is 0 Å². The van der Waals surface area contributed by atoms with Gasteiger partial charge in [0, 0.05) is 6.54 Å². The number of benzene rings is 1. The van der Waals surface area contributed by atoms with Gasteiger partial charge in [0.1, 0.15) is 13.5 Å². The van der Waals surface area contributed by atoms with Gasteiger partial charge in [-0.15, -0.1) is 4.91 Å². The molecule has 0 aliphatic carbocycles. The number of hydrogen-bond acceptors (Lipinski definition) is 3. The van der Waals surface area contributed by atoms with E-state index in [1.807, 2.05) is 12.1 Å². The van der Waals surface area contributed by atoms with Crippen LogP contribution >= 0.6 is 0 Å². The van der Waals surface area contributed by atoms with Crippen molar-refractivity contribution in [3.8, 4) is 0 Å². The normalized spacial score (nSPS) is 19.8.